The van der Waals surface area contributed by atoms with Gasteiger partial charge in [0.1, 0.15) is 17.1 Å². The topological polar surface area (TPSA) is 27.1 Å². The Bertz CT molecular complexity index is 464. The number of aryl methyl sites for hydroxylation is 1. The van der Waals surface area contributed by atoms with E-state index >= 15 is 0 Å². The zero-order valence-corrected chi connectivity index (χ0v) is 8.88. The maximum Gasteiger partial charge on any atom is 0.146 e. The highest BCUT2D eigenvalue weighted by Gasteiger charge is 2.09. The minimum absolute atomic E-state index is 0.411. The summed E-state index contributed by atoms with van der Waals surface area (Å²) < 4.78 is 7.20. The molecule has 14 heavy (non-hydrogen) atoms. The van der Waals surface area contributed by atoms with Crippen LogP contribution in [-0.4, -0.2) is 16.7 Å². The van der Waals surface area contributed by atoms with E-state index in [9.17, 15) is 0 Å². The lowest BCUT2D eigenvalue weighted by molar-refractivity contribution is 0.419. The third-order valence-corrected chi connectivity index (χ3v) is 2.55. The lowest BCUT2D eigenvalue weighted by atomic mass is 10.3. The predicted octanol–water partition coefficient (Wildman–Crippen LogP) is 2.32. The molecule has 0 radical (unpaired) electrons. The Morgan fingerprint density at radius 2 is 2.29 bits per heavy atom. The van der Waals surface area contributed by atoms with E-state index in [4.69, 9.17) is 16.3 Å². The van der Waals surface area contributed by atoms with Crippen molar-refractivity contribution in [3.63, 3.8) is 0 Å². The van der Waals surface area contributed by atoms with Gasteiger partial charge in [0.15, 0.2) is 0 Å². The average molecular weight is 211 g/mol. The summed E-state index contributed by atoms with van der Waals surface area (Å²) in [5.41, 5.74) is 1.91. The van der Waals surface area contributed by atoms with Crippen LogP contribution < -0.4 is 4.74 Å². The number of benzene rings is 1. The van der Waals surface area contributed by atoms with Gasteiger partial charge >= 0.3 is 0 Å². The Hall–Kier alpha value is -1.22. The van der Waals surface area contributed by atoms with Crippen molar-refractivity contribution in [2.24, 2.45) is 7.05 Å². The van der Waals surface area contributed by atoms with Crippen LogP contribution in [0.1, 0.15) is 5.82 Å². The van der Waals surface area contributed by atoms with E-state index in [1.807, 2.05) is 29.8 Å². The Morgan fingerprint density at radius 3 is 2.93 bits per heavy atom. The number of halogens is 1. The van der Waals surface area contributed by atoms with Gasteiger partial charge in [0, 0.05) is 7.05 Å². The second-order valence-corrected chi connectivity index (χ2v) is 3.32. The molecule has 74 valence electrons. The van der Waals surface area contributed by atoms with Crippen molar-refractivity contribution in [3.8, 4) is 5.75 Å². The van der Waals surface area contributed by atoms with Crippen molar-refractivity contribution in [3.05, 3.63) is 24.0 Å². The van der Waals surface area contributed by atoms with Crippen molar-refractivity contribution in [2.75, 3.05) is 7.11 Å². The average Bonchev–Trinajstić information content (AvgIpc) is 2.55. The molecule has 1 aromatic heterocycles. The minimum atomic E-state index is 0.411. The van der Waals surface area contributed by atoms with Crippen LogP contribution in [0, 0.1) is 0 Å². The highest BCUT2D eigenvalue weighted by molar-refractivity contribution is 6.16. The highest BCUT2D eigenvalue weighted by Crippen LogP contribution is 2.25. The van der Waals surface area contributed by atoms with Crippen LogP contribution in [0.3, 0.4) is 0 Å². The molecule has 0 amide bonds. The fourth-order valence-electron chi connectivity index (χ4n) is 1.52. The van der Waals surface area contributed by atoms with Gasteiger partial charge in [-0.1, -0.05) is 6.07 Å². The number of hydrogen-bond acceptors (Lipinski definition) is 2. The molecule has 0 saturated carbocycles. The maximum atomic E-state index is 5.78. The van der Waals surface area contributed by atoms with E-state index in [0.29, 0.717) is 5.88 Å². The van der Waals surface area contributed by atoms with E-state index in [0.717, 1.165) is 22.6 Å². The summed E-state index contributed by atoms with van der Waals surface area (Å²) >= 11 is 5.78. The molecular formula is C10H11ClN2O. The highest BCUT2D eigenvalue weighted by atomic mass is 35.5. The number of ether oxygens (including phenoxy) is 1. The first kappa shape index (κ1) is 9.34. The molecule has 0 fully saturated rings. The van der Waals surface area contributed by atoms with Crippen LogP contribution >= 0.6 is 11.6 Å². The van der Waals surface area contributed by atoms with Gasteiger partial charge in [-0.25, -0.2) is 4.98 Å². The molecule has 0 N–H and O–H groups in total. The van der Waals surface area contributed by atoms with Crippen molar-refractivity contribution in [1.29, 1.82) is 0 Å². The Kier molecular flexibility index (Phi) is 2.33. The van der Waals surface area contributed by atoms with Crippen LogP contribution in [0.2, 0.25) is 0 Å². The number of methoxy groups -OCH3 is 1. The van der Waals surface area contributed by atoms with Crippen LogP contribution in [0.15, 0.2) is 18.2 Å². The molecule has 0 unspecified atom stereocenters. The SMILES string of the molecule is COc1cccc2c1nc(CCl)n2C. The molecule has 0 saturated heterocycles. The molecule has 1 heterocycles. The number of hydrogen-bond donors (Lipinski definition) is 0. The number of fused-ring (bicyclic) bond motifs is 1. The Balaban J connectivity index is 2.77. The smallest absolute Gasteiger partial charge is 0.146 e. The molecule has 4 heteroatoms. The molecule has 3 nitrogen and oxygen atoms in total. The summed E-state index contributed by atoms with van der Waals surface area (Å²) in [5.74, 6) is 2.05. The monoisotopic (exact) mass is 210 g/mol. The summed E-state index contributed by atoms with van der Waals surface area (Å²) in [6.07, 6.45) is 0. The molecule has 0 spiro atoms. The van der Waals surface area contributed by atoms with E-state index < -0.39 is 0 Å². The normalized spacial score (nSPS) is 10.8. The number of alkyl halides is 1. The minimum Gasteiger partial charge on any atom is -0.494 e. The zero-order chi connectivity index (χ0) is 10.1. The van der Waals surface area contributed by atoms with Crippen LogP contribution in [0.4, 0.5) is 0 Å². The molecule has 0 bridgehead atoms. The van der Waals surface area contributed by atoms with Gasteiger partial charge in [-0.2, -0.15) is 0 Å². The van der Waals surface area contributed by atoms with Gasteiger partial charge in [0.2, 0.25) is 0 Å². The Morgan fingerprint density at radius 1 is 1.50 bits per heavy atom. The van der Waals surface area contributed by atoms with Gasteiger partial charge in [-0.05, 0) is 12.1 Å². The molecule has 1 aromatic carbocycles. The van der Waals surface area contributed by atoms with Gasteiger partial charge < -0.3 is 9.30 Å². The summed E-state index contributed by atoms with van der Waals surface area (Å²) in [5, 5.41) is 0. The summed E-state index contributed by atoms with van der Waals surface area (Å²) in [6, 6.07) is 5.84. The van der Waals surface area contributed by atoms with Crippen LogP contribution in [0.25, 0.3) is 11.0 Å². The summed E-state index contributed by atoms with van der Waals surface area (Å²) in [4.78, 5) is 4.41. The summed E-state index contributed by atoms with van der Waals surface area (Å²) in [7, 11) is 3.59. The number of nitrogens with zero attached hydrogens (tertiary/aromatic N) is 2. The van der Waals surface area contributed by atoms with Gasteiger partial charge in [0.25, 0.3) is 0 Å². The second-order valence-electron chi connectivity index (χ2n) is 3.05. The number of imidazole rings is 1. The lowest BCUT2D eigenvalue weighted by Crippen LogP contribution is -1.93. The summed E-state index contributed by atoms with van der Waals surface area (Å²) in [6.45, 7) is 0. The van der Waals surface area contributed by atoms with E-state index in [2.05, 4.69) is 4.98 Å². The third-order valence-electron chi connectivity index (χ3n) is 2.31. The van der Waals surface area contributed by atoms with E-state index in [-0.39, 0.29) is 0 Å². The number of rotatable bonds is 2. The molecule has 0 atom stereocenters. The zero-order valence-electron chi connectivity index (χ0n) is 8.12. The first-order chi connectivity index (χ1) is 6.77. The van der Waals surface area contributed by atoms with Crippen molar-refractivity contribution >= 4 is 22.6 Å². The lowest BCUT2D eigenvalue weighted by Gasteiger charge is -2.00. The predicted molar refractivity (Wildman–Crippen MR) is 56.8 cm³/mol. The van der Waals surface area contributed by atoms with Gasteiger partial charge in [0.05, 0.1) is 18.5 Å². The Labute approximate surface area is 87.3 Å². The van der Waals surface area contributed by atoms with Crippen molar-refractivity contribution in [2.45, 2.75) is 5.88 Å². The standard InChI is InChI=1S/C10H11ClN2O/c1-13-7-4-3-5-8(14-2)10(7)12-9(13)6-11/h3-5H,6H2,1-2H3. The number of para-hydroxylation sites is 1. The van der Waals surface area contributed by atoms with Crippen LogP contribution in [0.5, 0.6) is 5.75 Å². The van der Waals surface area contributed by atoms with Crippen LogP contribution in [-0.2, 0) is 12.9 Å². The number of aromatic nitrogens is 2. The van der Waals surface area contributed by atoms with Crippen molar-refractivity contribution in [1.82, 2.24) is 9.55 Å². The molecule has 0 aliphatic carbocycles. The van der Waals surface area contributed by atoms with E-state index in [1.54, 1.807) is 7.11 Å². The molecule has 0 aliphatic rings. The first-order valence-corrected chi connectivity index (χ1v) is 4.85. The van der Waals surface area contributed by atoms with Crippen molar-refractivity contribution < 1.29 is 4.74 Å². The quantitative estimate of drug-likeness (QED) is 0.712. The maximum absolute atomic E-state index is 5.78. The molecular weight excluding hydrogens is 200 g/mol. The molecule has 0 aliphatic heterocycles. The third kappa shape index (κ3) is 1.24. The molecule has 2 aromatic rings. The second kappa shape index (κ2) is 3.50. The van der Waals surface area contributed by atoms with Gasteiger partial charge in [-0.15, -0.1) is 11.6 Å². The molecule has 2 rings (SSSR count). The van der Waals surface area contributed by atoms with Gasteiger partial charge in [-0.3, -0.25) is 0 Å². The van der Waals surface area contributed by atoms with E-state index in [1.165, 1.54) is 0 Å². The fourth-order valence-corrected chi connectivity index (χ4v) is 1.76. The largest absolute Gasteiger partial charge is 0.494 e. The fraction of sp³-hybridized carbons (Fsp3) is 0.300. The first-order valence-electron chi connectivity index (χ1n) is 4.32.